The summed E-state index contributed by atoms with van der Waals surface area (Å²) in [5.41, 5.74) is 6.75. The van der Waals surface area contributed by atoms with E-state index in [1.165, 1.54) is 41.9 Å². The number of hydrogen-bond acceptors (Lipinski definition) is 5. The van der Waals surface area contributed by atoms with Gasteiger partial charge in [-0.3, -0.25) is 9.59 Å². The highest BCUT2D eigenvalue weighted by Crippen LogP contribution is 2.26. The van der Waals surface area contributed by atoms with E-state index < -0.39 is 17.8 Å². The first kappa shape index (κ1) is 19.3. The zero-order valence-corrected chi connectivity index (χ0v) is 16.2. The van der Waals surface area contributed by atoms with Crippen LogP contribution in [0.3, 0.4) is 0 Å². The average molecular weight is 404 g/mol. The highest BCUT2D eigenvalue weighted by Gasteiger charge is 2.26. The number of rotatable bonds is 7. The van der Waals surface area contributed by atoms with Crippen LogP contribution in [0.25, 0.3) is 10.2 Å². The van der Waals surface area contributed by atoms with E-state index in [9.17, 15) is 14.0 Å². The maximum Gasteiger partial charge on any atom is 0.244 e. The second-order valence-electron chi connectivity index (χ2n) is 5.93. The summed E-state index contributed by atoms with van der Waals surface area (Å²) in [6.45, 7) is 0. The quantitative estimate of drug-likeness (QED) is 0.656. The molecule has 1 aromatic heterocycles. The molecule has 2 N–H and O–H groups in total. The van der Waals surface area contributed by atoms with Gasteiger partial charge in [0, 0.05) is 12.8 Å². The predicted molar refractivity (Wildman–Crippen MR) is 107 cm³/mol. The monoisotopic (exact) mass is 403 g/mol. The van der Waals surface area contributed by atoms with Crippen LogP contribution in [0.2, 0.25) is 0 Å². The average Bonchev–Trinajstić information content (AvgIpc) is 3.04. The van der Waals surface area contributed by atoms with Crippen LogP contribution in [-0.2, 0) is 15.3 Å². The van der Waals surface area contributed by atoms with Crippen LogP contribution < -0.4 is 5.73 Å². The Labute approximate surface area is 164 Å². The van der Waals surface area contributed by atoms with E-state index in [-0.39, 0.29) is 11.7 Å². The molecule has 0 aliphatic carbocycles. The topological polar surface area (TPSA) is 76.3 Å². The van der Waals surface area contributed by atoms with Gasteiger partial charge in [0.2, 0.25) is 11.8 Å². The predicted octanol–water partition coefficient (Wildman–Crippen LogP) is 3.35. The Balaban J connectivity index is 1.62. The molecular formula is C19H18FN3O2S2. The first-order valence-electron chi connectivity index (χ1n) is 8.18. The van der Waals surface area contributed by atoms with E-state index in [0.29, 0.717) is 11.3 Å². The minimum Gasteiger partial charge on any atom is -0.368 e. The van der Waals surface area contributed by atoms with Crippen LogP contribution >= 0.6 is 23.1 Å². The van der Waals surface area contributed by atoms with E-state index >= 15 is 0 Å². The molecule has 3 aromatic rings. The number of benzene rings is 2. The molecule has 0 saturated carbocycles. The van der Waals surface area contributed by atoms with Gasteiger partial charge in [0.1, 0.15) is 16.9 Å². The van der Waals surface area contributed by atoms with Gasteiger partial charge >= 0.3 is 0 Å². The number of para-hydroxylation sites is 1. The minimum atomic E-state index is -1.00. The lowest BCUT2D eigenvalue weighted by Crippen LogP contribution is -2.40. The van der Waals surface area contributed by atoms with Crippen molar-refractivity contribution in [2.75, 3.05) is 12.8 Å². The molecule has 0 saturated heterocycles. The van der Waals surface area contributed by atoms with Crippen molar-refractivity contribution < 1.29 is 14.0 Å². The molecule has 0 radical (unpaired) electrons. The molecule has 0 fully saturated rings. The number of amides is 2. The van der Waals surface area contributed by atoms with Gasteiger partial charge in [-0.15, -0.1) is 23.1 Å². The van der Waals surface area contributed by atoms with Gasteiger partial charge in [-0.1, -0.05) is 24.3 Å². The molecule has 1 heterocycles. The summed E-state index contributed by atoms with van der Waals surface area (Å²) in [5, 5.41) is 0.938. The number of thioether (sulfide) groups is 1. The Bertz CT molecular complexity index is 943. The largest absolute Gasteiger partial charge is 0.368 e. The van der Waals surface area contributed by atoms with E-state index in [0.717, 1.165) is 15.2 Å². The van der Waals surface area contributed by atoms with E-state index in [2.05, 4.69) is 4.98 Å². The van der Waals surface area contributed by atoms with E-state index in [4.69, 9.17) is 5.73 Å². The molecular weight excluding hydrogens is 385 g/mol. The molecule has 5 nitrogen and oxygen atoms in total. The number of halogens is 1. The molecule has 140 valence electrons. The number of fused-ring (bicyclic) bond motifs is 1. The number of aromatic nitrogens is 1. The molecule has 27 heavy (non-hydrogen) atoms. The Hall–Kier alpha value is -2.45. The highest BCUT2D eigenvalue weighted by atomic mass is 32.2. The second kappa shape index (κ2) is 8.49. The van der Waals surface area contributed by atoms with Crippen molar-refractivity contribution in [1.29, 1.82) is 0 Å². The lowest BCUT2D eigenvalue weighted by molar-refractivity contribution is -0.136. The van der Waals surface area contributed by atoms with Crippen LogP contribution in [-0.4, -0.2) is 34.5 Å². The summed E-state index contributed by atoms with van der Waals surface area (Å²) < 4.78 is 14.6. The lowest BCUT2D eigenvalue weighted by Gasteiger charge is -2.26. The summed E-state index contributed by atoms with van der Waals surface area (Å²) >= 11 is 3.01. The van der Waals surface area contributed by atoms with Gasteiger partial charge in [-0.25, -0.2) is 9.37 Å². The minimum absolute atomic E-state index is 0.172. The summed E-state index contributed by atoms with van der Waals surface area (Å²) in [6, 6.07) is 12.4. The van der Waals surface area contributed by atoms with E-state index in [1.807, 2.05) is 24.3 Å². The fourth-order valence-electron chi connectivity index (χ4n) is 2.71. The van der Waals surface area contributed by atoms with Crippen LogP contribution in [0.4, 0.5) is 4.39 Å². The summed E-state index contributed by atoms with van der Waals surface area (Å²) in [5.74, 6) is -0.669. The smallest absolute Gasteiger partial charge is 0.244 e. The fourth-order valence-corrected chi connectivity index (χ4v) is 4.68. The standard InChI is InChI=1S/C19H18FN3O2S2/c1-23(18(19(21)25)12-5-4-6-13(20)9-12)17(24)11-26-10-16-22-14-7-2-3-8-15(14)27-16/h2-9,18H,10-11H2,1H3,(H2,21,25). The summed E-state index contributed by atoms with van der Waals surface area (Å²) in [6.07, 6.45) is 0. The molecule has 1 unspecified atom stereocenters. The molecule has 0 bridgehead atoms. The Kier molecular flexibility index (Phi) is 6.08. The van der Waals surface area contributed by atoms with Gasteiger partial charge in [0.15, 0.2) is 0 Å². The van der Waals surface area contributed by atoms with Crippen molar-refractivity contribution in [3.8, 4) is 0 Å². The molecule has 8 heteroatoms. The maximum atomic E-state index is 13.5. The normalized spacial score (nSPS) is 12.1. The van der Waals surface area contributed by atoms with Gasteiger partial charge in [-0.2, -0.15) is 0 Å². The number of carbonyl (C=O) groups excluding carboxylic acids is 2. The molecule has 0 spiro atoms. The van der Waals surface area contributed by atoms with Crippen LogP contribution in [0.5, 0.6) is 0 Å². The maximum absolute atomic E-state index is 13.5. The third-order valence-corrected chi connectivity index (χ3v) is 6.15. The SMILES string of the molecule is CN(C(=O)CSCc1nc2ccccc2s1)C(C(N)=O)c1cccc(F)c1. The highest BCUT2D eigenvalue weighted by molar-refractivity contribution is 7.99. The van der Waals surface area contributed by atoms with Crippen molar-refractivity contribution in [1.82, 2.24) is 9.88 Å². The van der Waals surface area contributed by atoms with Crippen LogP contribution in [0.15, 0.2) is 48.5 Å². The molecule has 0 aliphatic heterocycles. The summed E-state index contributed by atoms with van der Waals surface area (Å²) in [7, 11) is 1.50. The number of nitrogens with two attached hydrogens (primary N) is 1. The van der Waals surface area contributed by atoms with Crippen molar-refractivity contribution in [2.45, 2.75) is 11.8 Å². The number of nitrogens with zero attached hydrogens (tertiary/aromatic N) is 2. The number of hydrogen-bond donors (Lipinski definition) is 1. The third-order valence-electron chi connectivity index (χ3n) is 4.00. The van der Waals surface area contributed by atoms with Gasteiger partial charge in [0.25, 0.3) is 0 Å². The zero-order valence-electron chi connectivity index (χ0n) is 14.6. The molecule has 3 rings (SSSR count). The van der Waals surface area contributed by atoms with Crippen molar-refractivity contribution in [3.05, 3.63) is 64.9 Å². The van der Waals surface area contributed by atoms with Crippen LogP contribution in [0.1, 0.15) is 16.6 Å². The first-order chi connectivity index (χ1) is 13.0. The summed E-state index contributed by atoms with van der Waals surface area (Å²) in [4.78, 5) is 30.1. The number of primary amides is 1. The second-order valence-corrected chi connectivity index (χ2v) is 8.03. The molecule has 1 atom stereocenters. The van der Waals surface area contributed by atoms with Crippen molar-refractivity contribution in [3.63, 3.8) is 0 Å². The Morgan fingerprint density at radius 1 is 1.26 bits per heavy atom. The van der Waals surface area contributed by atoms with E-state index in [1.54, 1.807) is 17.4 Å². The molecule has 2 amide bonds. The number of thiazole rings is 1. The van der Waals surface area contributed by atoms with Crippen LogP contribution in [0, 0.1) is 5.82 Å². The van der Waals surface area contributed by atoms with Gasteiger partial charge in [-0.05, 0) is 29.8 Å². The van der Waals surface area contributed by atoms with Gasteiger partial charge in [0.05, 0.1) is 16.0 Å². The van der Waals surface area contributed by atoms with Crippen molar-refractivity contribution in [2.24, 2.45) is 5.73 Å². The number of carbonyl (C=O) groups is 2. The third kappa shape index (κ3) is 4.64. The lowest BCUT2D eigenvalue weighted by atomic mass is 10.0. The number of likely N-dealkylation sites (N-methyl/N-ethyl adjacent to an activating group) is 1. The van der Waals surface area contributed by atoms with Crippen molar-refractivity contribution >= 4 is 45.1 Å². The molecule has 2 aromatic carbocycles. The first-order valence-corrected chi connectivity index (χ1v) is 10.2. The Morgan fingerprint density at radius 3 is 2.74 bits per heavy atom. The van der Waals surface area contributed by atoms with Gasteiger partial charge < -0.3 is 10.6 Å². The fraction of sp³-hybridized carbons (Fsp3) is 0.211. The Morgan fingerprint density at radius 2 is 2.04 bits per heavy atom. The zero-order chi connectivity index (χ0) is 19.4. The molecule has 0 aliphatic rings.